The van der Waals surface area contributed by atoms with E-state index in [1.165, 1.54) is 0 Å². The summed E-state index contributed by atoms with van der Waals surface area (Å²) in [5, 5.41) is 6.82. The molecule has 0 aliphatic rings. The number of nitrogens with one attached hydrogen (secondary N) is 2. The van der Waals surface area contributed by atoms with Gasteiger partial charge in [-0.2, -0.15) is 11.3 Å². The van der Waals surface area contributed by atoms with Crippen LogP contribution >= 0.6 is 11.3 Å². The van der Waals surface area contributed by atoms with Crippen molar-refractivity contribution < 1.29 is 9.59 Å². The van der Waals surface area contributed by atoms with Gasteiger partial charge in [-0.1, -0.05) is 18.2 Å². The molecule has 0 bridgehead atoms. The highest BCUT2D eigenvalue weighted by Gasteiger charge is 2.18. The minimum Gasteiger partial charge on any atom is -0.348 e. The number of carbonyl (C=O) groups excluding carboxylic acids is 2. The lowest BCUT2D eigenvalue weighted by Gasteiger charge is -2.09. The molecule has 0 spiro atoms. The summed E-state index contributed by atoms with van der Waals surface area (Å²) in [5.74, 6) is -0.453. The van der Waals surface area contributed by atoms with E-state index in [4.69, 9.17) is 0 Å². The van der Waals surface area contributed by atoms with E-state index in [2.05, 4.69) is 15.3 Å². The molecule has 0 unspecified atom stereocenters. The molecule has 4 aromatic rings. The quantitative estimate of drug-likeness (QED) is 0.531. The highest BCUT2D eigenvalue weighted by Crippen LogP contribution is 2.18. The first-order valence-electron chi connectivity index (χ1n) is 8.08. The third kappa shape index (κ3) is 3.14. The van der Waals surface area contributed by atoms with E-state index in [1.807, 2.05) is 16.8 Å². The fourth-order valence-electron chi connectivity index (χ4n) is 2.78. The third-order valence-corrected chi connectivity index (χ3v) is 4.86. The number of hydrogen-bond donors (Lipinski definition) is 2. The van der Waals surface area contributed by atoms with Crippen molar-refractivity contribution >= 4 is 34.1 Å². The van der Waals surface area contributed by atoms with Gasteiger partial charge in [0.25, 0.3) is 5.91 Å². The summed E-state index contributed by atoms with van der Waals surface area (Å²) in [6.07, 6.45) is 1.59. The number of fused-ring (bicyclic) bond motifs is 1. The molecule has 0 radical (unpaired) electrons. The number of carbonyl (C=O) groups is 2. The van der Waals surface area contributed by atoms with Gasteiger partial charge in [-0.15, -0.1) is 0 Å². The van der Waals surface area contributed by atoms with Crippen LogP contribution in [0.25, 0.3) is 11.0 Å². The maximum Gasteiger partial charge on any atom is 0.252 e. The first-order valence-corrected chi connectivity index (χ1v) is 9.03. The molecule has 2 aromatic heterocycles. The van der Waals surface area contributed by atoms with E-state index in [-0.39, 0.29) is 11.7 Å². The Bertz CT molecular complexity index is 1080. The molecule has 0 saturated carbocycles. The van der Waals surface area contributed by atoms with Crippen LogP contribution in [-0.4, -0.2) is 21.7 Å². The molecular weight excluding hydrogens is 346 g/mol. The Balaban J connectivity index is 1.61. The number of aromatic amines is 1. The van der Waals surface area contributed by atoms with Crippen LogP contribution in [0.1, 0.15) is 31.8 Å². The molecule has 0 saturated heterocycles. The molecule has 2 aromatic carbocycles. The number of amides is 1. The van der Waals surface area contributed by atoms with Gasteiger partial charge in [-0.25, -0.2) is 4.98 Å². The molecule has 26 heavy (non-hydrogen) atoms. The van der Waals surface area contributed by atoms with Crippen LogP contribution in [0.3, 0.4) is 0 Å². The molecule has 2 N–H and O–H groups in total. The van der Waals surface area contributed by atoms with Crippen molar-refractivity contribution in [3.63, 3.8) is 0 Å². The van der Waals surface area contributed by atoms with Gasteiger partial charge in [0.05, 0.1) is 22.9 Å². The summed E-state index contributed by atoms with van der Waals surface area (Å²) in [6, 6.07) is 14.1. The predicted molar refractivity (Wildman–Crippen MR) is 101 cm³/mol. The molecule has 0 aliphatic carbocycles. The minimum atomic E-state index is -0.261. The SMILES string of the molecule is O=C(NCc1ccsc1)c1ccccc1C(=O)c1ccc2nc[nH]c2c1. The number of nitrogens with zero attached hydrogens (tertiary/aromatic N) is 1. The van der Waals surface area contributed by atoms with E-state index in [0.29, 0.717) is 23.2 Å². The highest BCUT2D eigenvalue weighted by atomic mass is 32.1. The van der Waals surface area contributed by atoms with Gasteiger partial charge in [-0.05, 0) is 46.7 Å². The Morgan fingerprint density at radius 2 is 1.92 bits per heavy atom. The lowest BCUT2D eigenvalue weighted by molar-refractivity contribution is 0.0939. The molecule has 4 rings (SSSR count). The van der Waals surface area contributed by atoms with Crippen LogP contribution in [0.2, 0.25) is 0 Å². The summed E-state index contributed by atoms with van der Waals surface area (Å²) in [6.45, 7) is 0.435. The number of aromatic nitrogens is 2. The first-order chi connectivity index (χ1) is 12.7. The summed E-state index contributed by atoms with van der Waals surface area (Å²) in [5.41, 5.74) is 3.89. The van der Waals surface area contributed by atoms with Gasteiger partial charge in [0, 0.05) is 17.7 Å². The summed E-state index contributed by atoms with van der Waals surface area (Å²) >= 11 is 1.58. The summed E-state index contributed by atoms with van der Waals surface area (Å²) in [4.78, 5) is 32.7. The fraction of sp³-hybridized carbons (Fsp3) is 0.0500. The third-order valence-electron chi connectivity index (χ3n) is 4.13. The molecule has 2 heterocycles. The van der Waals surface area contributed by atoms with E-state index >= 15 is 0 Å². The largest absolute Gasteiger partial charge is 0.348 e. The van der Waals surface area contributed by atoms with Crippen LogP contribution < -0.4 is 5.32 Å². The van der Waals surface area contributed by atoms with Crippen molar-refractivity contribution in [3.8, 4) is 0 Å². The number of ketones is 1. The molecule has 0 atom stereocenters. The number of benzene rings is 2. The van der Waals surface area contributed by atoms with Gasteiger partial charge in [0.15, 0.2) is 5.78 Å². The van der Waals surface area contributed by atoms with Gasteiger partial charge in [0.1, 0.15) is 0 Å². The second-order valence-electron chi connectivity index (χ2n) is 5.82. The lowest BCUT2D eigenvalue weighted by Crippen LogP contribution is -2.24. The van der Waals surface area contributed by atoms with Crippen molar-refractivity contribution in [3.05, 3.63) is 87.9 Å². The van der Waals surface area contributed by atoms with E-state index in [1.54, 1.807) is 60.1 Å². The van der Waals surface area contributed by atoms with Gasteiger partial charge in [-0.3, -0.25) is 9.59 Å². The average molecular weight is 361 g/mol. The zero-order valence-electron chi connectivity index (χ0n) is 13.7. The Morgan fingerprint density at radius 3 is 2.73 bits per heavy atom. The number of thiophene rings is 1. The standard InChI is InChI=1S/C20H15N3O2S/c24-19(14-5-6-17-18(9-14)23-12-22-17)15-3-1-2-4-16(15)20(25)21-10-13-7-8-26-11-13/h1-9,11-12H,10H2,(H,21,25)(H,22,23). The normalized spacial score (nSPS) is 10.8. The van der Waals surface area contributed by atoms with Gasteiger partial charge < -0.3 is 10.3 Å². The molecular formula is C20H15N3O2S. The van der Waals surface area contributed by atoms with Crippen molar-refractivity contribution in [2.75, 3.05) is 0 Å². The molecule has 0 fully saturated rings. The van der Waals surface area contributed by atoms with Crippen molar-refractivity contribution in [2.45, 2.75) is 6.54 Å². The lowest BCUT2D eigenvalue weighted by atomic mass is 9.97. The Morgan fingerprint density at radius 1 is 1.08 bits per heavy atom. The van der Waals surface area contributed by atoms with Crippen LogP contribution in [0.15, 0.2) is 65.6 Å². The van der Waals surface area contributed by atoms with E-state index in [9.17, 15) is 9.59 Å². The van der Waals surface area contributed by atoms with Crippen molar-refractivity contribution in [2.24, 2.45) is 0 Å². The van der Waals surface area contributed by atoms with E-state index < -0.39 is 0 Å². The molecule has 128 valence electrons. The predicted octanol–water partition coefficient (Wildman–Crippen LogP) is 3.79. The average Bonchev–Trinajstić information content (AvgIpc) is 3.36. The highest BCUT2D eigenvalue weighted by molar-refractivity contribution is 7.07. The zero-order valence-corrected chi connectivity index (χ0v) is 14.5. The van der Waals surface area contributed by atoms with Crippen LogP contribution in [0.4, 0.5) is 0 Å². The van der Waals surface area contributed by atoms with Gasteiger partial charge >= 0.3 is 0 Å². The second kappa shape index (κ2) is 6.93. The smallest absolute Gasteiger partial charge is 0.252 e. The molecule has 6 heteroatoms. The topological polar surface area (TPSA) is 74.8 Å². The molecule has 1 amide bonds. The Labute approximate surface area is 153 Å². The second-order valence-corrected chi connectivity index (χ2v) is 6.60. The monoisotopic (exact) mass is 361 g/mol. The Kier molecular flexibility index (Phi) is 4.33. The fourth-order valence-corrected chi connectivity index (χ4v) is 3.45. The van der Waals surface area contributed by atoms with Crippen LogP contribution in [0.5, 0.6) is 0 Å². The molecule has 0 aliphatic heterocycles. The van der Waals surface area contributed by atoms with E-state index in [0.717, 1.165) is 16.6 Å². The summed E-state index contributed by atoms with van der Waals surface area (Å²) in [7, 11) is 0. The number of hydrogen-bond acceptors (Lipinski definition) is 4. The number of rotatable bonds is 5. The zero-order chi connectivity index (χ0) is 17.9. The maximum absolute atomic E-state index is 13.0. The van der Waals surface area contributed by atoms with Crippen LogP contribution in [0, 0.1) is 0 Å². The number of H-pyrrole nitrogens is 1. The Hall–Kier alpha value is -3.25. The minimum absolute atomic E-state index is 0.192. The number of imidazole rings is 1. The maximum atomic E-state index is 13.0. The van der Waals surface area contributed by atoms with Crippen molar-refractivity contribution in [1.82, 2.24) is 15.3 Å². The van der Waals surface area contributed by atoms with Crippen molar-refractivity contribution in [1.29, 1.82) is 0 Å². The van der Waals surface area contributed by atoms with Gasteiger partial charge in [0.2, 0.25) is 0 Å². The first kappa shape index (κ1) is 16.2. The van der Waals surface area contributed by atoms with Crippen LogP contribution in [-0.2, 0) is 6.54 Å². The summed E-state index contributed by atoms with van der Waals surface area (Å²) < 4.78 is 0. The molecule has 5 nitrogen and oxygen atoms in total.